The zero-order valence-electron chi connectivity index (χ0n) is 22.6. The number of rotatable bonds is 1. The molecule has 3 heteroatoms. The lowest BCUT2D eigenvalue weighted by Gasteiger charge is -2.14. The standard InChI is InChI=1S/C38H25NS2/c1-21-14-16-32-27(18-21)28-20-23(15-17-33(28)40-32)39-30-12-6-4-10-25(30)36-37(39)29-19-22-8-2-3-9-24(22)34(29)35-26-11-5-7-13-31(26)41-38(35)36/h2-17,20-21H,18-19H2,1H3. The van der Waals surface area contributed by atoms with Crippen molar-refractivity contribution in [1.82, 2.24) is 4.57 Å². The molecule has 10 rings (SSSR count). The molecule has 0 aliphatic heterocycles. The van der Waals surface area contributed by atoms with Gasteiger partial charge in [-0.1, -0.05) is 73.7 Å². The van der Waals surface area contributed by atoms with Crippen LogP contribution in [0.1, 0.15) is 28.5 Å². The minimum absolute atomic E-state index is 0.584. The summed E-state index contributed by atoms with van der Waals surface area (Å²) in [5.41, 5.74) is 11.2. The minimum atomic E-state index is 0.584. The Morgan fingerprint density at radius 2 is 1.54 bits per heavy atom. The van der Waals surface area contributed by atoms with Crippen LogP contribution in [-0.4, -0.2) is 4.57 Å². The van der Waals surface area contributed by atoms with Crippen molar-refractivity contribution in [2.75, 3.05) is 0 Å². The third-order valence-electron chi connectivity index (χ3n) is 9.35. The first-order valence-electron chi connectivity index (χ1n) is 14.5. The number of hydrogen-bond acceptors (Lipinski definition) is 2. The molecule has 0 saturated heterocycles. The van der Waals surface area contributed by atoms with E-state index in [0.717, 1.165) is 12.8 Å². The molecule has 0 radical (unpaired) electrons. The van der Waals surface area contributed by atoms with Gasteiger partial charge >= 0.3 is 0 Å². The molecular formula is C38H25NS2. The second-order valence-corrected chi connectivity index (χ2v) is 13.9. The number of benzene rings is 5. The second kappa shape index (κ2) is 7.97. The first-order chi connectivity index (χ1) is 20.2. The molecule has 0 spiro atoms. The summed E-state index contributed by atoms with van der Waals surface area (Å²) >= 11 is 3.90. The molecule has 41 heavy (non-hydrogen) atoms. The zero-order valence-corrected chi connectivity index (χ0v) is 24.2. The predicted molar refractivity (Wildman–Crippen MR) is 179 cm³/mol. The second-order valence-electron chi connectivity index (χ2n) is 11.7. The maximum Gasteiger partial charge on any atom is 0.0597 e. The van der Waals surface area contributed by atoms with Crippen molar-refractivity contribution in [2.24, 2.45) is 5.92 Å². The van der Waals surface area contributed by atoms with Crippen molar-refractivity contribution in [1.29, 1.82) is 0 Å². The summed E-state index contributed by atoms with van der Waals surface area (Å²) in [5, 5.41) is 7.00. The van der Waals surface area contributed by atoms with Crippen LogP contribution in [-0.2, 0) is 12.8 Å². The lowest BCUT2D eigenvalue weighted by Crippen LogP contribution is -2.01. The largest absolute Gasteiger partial charge is 0.309 e. The van der Waals surface area contributed by atoms with Crippen molar-refractivity contribution in [2.45, 2.75) is 19.8 Å². The number of thiophene rings is 2. The highest BCUT2D eigenvalue weighted by Crippen LogP contribution is 2.53. The SMILES string of the molecule is CC1C=Cc2sc3ccc(-n4c5ccccc5c5c6sc7ccccc7c6c6c(c54)Cc4ccccc4-6)cc3c2C1. The Morgan fingerprint density at radius 3 is 2.49 bits per heavy atom. The van der Waals surface area contributed by atoms with Gasteiger partial charge < -0.3 is 4.57 Å². The van der Waals surface area contributed by atoms with E-state index < -0.39 is 0 Å². The fraction of sp³-hybridized carbons (Fsp3) is 0.105. The molecule has 2 aliphatic rings. The molecule has 0 amide bonds. The molecule has 194 valence electrons. The Balaban J connectivity index is 1.41. The van der Waals surface area contributed by atoms with Crippen molar-refractivity contribution in [3.63, 3.8) is 0 Å². The van der Waals surface area contributed by atoms with E-state index >= 15 is 0 Å². The quantitative estimate of drug-likeness (QED) is 0.188. The Kier molecular flexibility index (Phi) is 4.37. The highest BCUT2D eigenvalue weighted by molar-refractivity contribution is 7.27. The van der Waals surface area contributed by atoms with Crippen LogP contribution >= 0.6 is 22.7 Å². The van der Waals surface area contributed by atoms with Gasteiger partial charge in [-0.3, -0.25) is 0 Å². The highest BCUT2D eigenvalue weighted by atomic mass is 32.1. The van der Waals surface area contributed by atoms with Crippen LogP contribution in [0.4, 0.5) is 0 Å². The molecule has 0 saturated carbocycles. The van der Waals surface area contributed by atoms with Gasteiger partial charge in [-0.25, -0.2) is 0 Å². The summed E-state index contributed by atoms with van der Waals surface area (Å²) in [5.74, 6) is 0.584. The van der Waals surface area contributed by atoms with Gasteiger partial charge in [0.1, 0.15) is 0 Å². The van der Waals surface area contributed by atoms with Gasteiger partial charge in [0.2, 0.25) is 0 Å². The topological polar surface area (TPSA) is 4.93 Å². The average Bonchev–Trinajstić information content (AvgIpc) is 3.75. The van der Waals surface area contributed by atoms with Gasteiger partial charge in [0.05, 0.1) is 11.0 Å². The van der Waals surface area contributed by atoms with Crippen LogP contribution < -0.4 is 0 Å². The van der Waals surface area contributed by atoms with Crippen molar-refractivity contribution in [3.05, 3.63) is 119 Å². The molecular weight excluding hydrogens is 535 g/mol. The molecule has 8 aromatic rings. The zero-order chi connectivity index (χ0) is 26.8. The maximum atomic E-state index is 2.59. The van der Waals surface area contributed by atoms with Crippen LogP contribution in [0.3, 0.4) is 0 Å². The molecule has 1 nitrogen and oxygen atoms in total. The first kappa shape index (κ1) is 22.5. The summed E-state index contributed by atoms with van der Waals surface area (Å²) in [4.78, 5) is 1.43. The summed E-state index contributed by atoms with van der Waals surface area (Å²) < 4.78 is 6.76. The lowest BCUT2D eigenvalue weighted by atomic mass is 9.93. The van der Waals surface area contributed by atoms with Crippen molar-refractivity contribution < 1.29 is 0 Å². The van der Waals surface area contributed by atoms with Crippen molar-refractivity contribution in [3.8, 4) is 16.8 Å². The molecule has 1 atom stereocenters. The fourth-order valence-electron chi connectivity index (χ4n) is 7.62. The highest BCUT2D eigenvalue weighted by Gasteiger charge is 2.30. The molecule has 3 heterocycles. The van der Waals surface area contributed by atoms with E-state index in [4.69, 9.17) is 0 Å². The summed E-state index contributed by atoms with van der Waals surface area (Å²) in [7, 11) is 0. The number of nitrogens with zero attached hydrogens (tertiary/aromatic N) is 1. The monoisotopic (exact) mass is 559 g/mol. The predicted octanol–water partition coefficient (Wildman–Crippen LogP) is 11.1. The van der Waals surface area contributed by atoms with Crippen LogP contribution in [0.15, 0.2) is 97.1 Å². The average molecular weight is 560 g/mol. The summed E-state index contributed by atoms with van der Waals surface area (Å²) in [6, 6.07) is 34.3. The van der Waals surface area contributed by atoms with E-state index in [9.17, 15) is 0 Å². The van der Waals surface area contributed by atoms with E-state index in [1.807, 2.05) is 22.7 Å². The minimum Gasteiger partial charge on any atom is -0.309 e. The van der Waals surface area contributed by atoms with Crippen LogP contribution in [0.5, 0.6) is 0 Å². The molecule has 5 aromatic carbocycles. The van der Waals surface area contributed by atoms with Gasteiger partial charge in [0.25, 0.3) is 0 Å². The number of aromatic nitrogens is 1. The van der Waals surface area contributed by atoms with Gasteiger partial charge in [-0.15, -0.1) is 22.7 Å². The summed E-state index contributed by atoms with van der Waals surface area (Å²) in [6.07, 6.45) is 6.80. The van der Waals surface area contributed by atoms with E-state index in [0.29, 0.717) is 5.92 Å². The van der Waals surface area contributed by atoms with Crippen molar-refractivity contribution >= 4 is 80.8 Å². The Morgan fingerprint density at radius 1 is 0.732 bits per heavy atom. The Labute approximate surface area is 245 Å². The Bertz CT molecular complexity index is 2440. The van der Waals surface area contributed by atoms with Gasteiger partial charge in [0, 0.05) is 52.6 Å². The lowest BCUT2D eigenvalue weighted by molar-refractivity contribution is 0.724. The van der Waals surface area contributed by atoms with E-state index in [2.05, 4.69) is 115 Å². The van der Waals surface area contributed by atoms with Gasteiger partial charge in [-0.2, -0.15) is 0 Å². The molecule has 0 bridgehead atoms. The smallest absolute Gasteiger partial charge is 0.0597 e. The molecule has 3 aromatic heterocycles. The molecule has 2 aliphatic carbocycles. The van der Waals surface area contributed by atoms with Gasteiger partial charge in [0.15, 0.2) is 0 Å². The summed E-state index contributed by atoms with van der Waals surface area (Å²) in [6.45, 7) is 2.33. The maximum absolute atomic E-state index is 2.59. The molecule has 0 N–H and O–H groups in total. The normalized spacial score (nSPS) is 15.9. The number of para-hydroxylation sites is 1. The third-order valence-corrected chi connectivity index (χ3v) is 11.7. The number of hydrogen-bond donors (Lipinski definition) is 0. The van der Waals surface area contributed by atoms with E-state index in [1.54, 1.807) is 0 Å². The van der Waals surface area contributed by atoms with Crippen LogP contribution in [0, 0.1) is 5.92 Å². The Hall–Kier alpha value is -4.18. The fourth-order valence-corrected chi connectivity index (χ4v) is 10.0. The van der Waals surface area contributed by atoms with Gasteiger partial charge in [-0.05, 0) is 82.0 Å². The number of allylic oxidation sites excluding steroid dienone is 1. The van der Waals surface area contributed by atoms with E-state index in [-0.39, 0.29) is 0 Å². The van der Waals surface area contributed by atoms with E-state index in [1.165, 1.54) is 90.4 Å². The molecule has 1 unspecified atom stereocenters. The van der Waals surface area contributed by atoms with Crippen LogP contribution in [0.25, 0.3) is 75.0 Å². The number of fused-ring (bicyclic) bond motifs is 15. The van der Waals surface area contributed by atoms with Crippen LogP contribution in [0.2, 0.25) is 0 Å². The molecule has 0 fully saturated rings. The third kappa shape index (κ3) is 2.90. The first-order valence-corrected chi connectivity index (χ1v) is 16.1.